The van der Waals surface area contributed by atoms with Crippen LogP contribution in [0, 0.1) is 11.8 Å². The van der Waals surface area contributed by atoms with E-state index in [4.69, 9.17) is 0 Å². The Morgan fingerprint density at radius 1 is 1.41 bits per heavy atom. The van der Waals surface area contributed by atoms with Crippen LogP contribution in [0.15, 0.2) is 11.6 Å². The molecule has 1 heteroatoms. The lowest BCUT2D eigenvalue weighted by atomic mass is 9.76. The maximum Gasteiger partial charge on any atom is 0.0650 e. The van der Waals surface area contributed by atoms with Gasteiger partial charge in [-0.15, -0.1) is 0 Å². The monoisotopic (exact) mass is 238 g/mol. The van der Waals surface area contributed by atoms with Crippen LogP contribution in [-0.4, -0.2) is 10.7 Å². The smallest absolute Gasteiger partial charge is 0.0650 e. The second kappa shape index (κ2) is 6.58. The summed E-state index contributed by atoms with van der Waals surface area (Å²) < 4.78 is 0. The number of rotatable bonds is 6. The van der Waals surface area contributed by atoms with Gasteiger partial charge in [-0.1, -0.05) is 44.8 Å². The minimum atomic E-state index is -0.450. The summed E-state index contributed by atoms with van der Waals surface area (Å²) in [6, 6.07) is 0. The van der Waals surface area contributed by atoms with E-state index in [-0.39, 0.29) is 0 Å². The highest BCUT2D eigenvalue weighted by molar-refractivity contribution is 5.05. The normalized spacial score (nSPS) is 24.6. The Labute approximate surface area is 107 Å². The van der Waals surface area contributed by atoms with Crippen LogP contribution in [0.1, 0.15) is 72.6 Å². The molecule has 0 fully saturated rings. The van der Waals surface area contributed by atoms with Crippen molar-refractivity contribution in [1.82, 2.24) is 0 Å². The zero-order valence-corrected chi connectivity index (χ0v) is 12.1. The van der Waals surface area contributed by atoms with Crippen LogP contribution < -0.4 is 0 Å². The molecule has 0 saturated carbocycles. The summed E-state index contributed by atoms with van der Waals surface area (Å²) in [6.07, 6.45) is 10.4. The van der Waals surface area contributed by atoms with Gasteiger partial charge in [0, 0.05) is 0 Å². The quantitative estimate of drug-likeness (QED) is 0.525. The van der Waals surface area contributed by atoms with Gasteiger partial charge in [-0.05, 0) is 51.4 Å². The Hall–Kier alpha value is -0.300. The molecule has 0 saturated heterocycles. The van der Waals surface area contributed by atoms with Crippen molar-refractivity contribution < 1.29 is 5.11 Å². The van der Waals surface area contributed by atoms with Gasteiger partial charge in [0.15, 0.2) is 0 Å². The molecule has 17 heavy (non-hydrogen) atoms. The molecular formula is C16H30O. The number of hydrogen-bond donors (Lipinski definition) is 1. The van der Waals surface area contributed by atoms with Gasteiger partial charge in [0.05, 0.1) is 5.60 Å². The van der Waals surface area contributed by atoms with Crippen molar-refractivity contribution >= 4 is 0 Å². The molecule has 1 rings (SSSR count). The van der Waals surface area contributed by atoms with Crippen LogP contribution in [0.25, 0.3) is 0 Å². The molecule has 0 amide bonds. The fourth-order valence-corrected chi connectivity index (χ4v) is 2.77. The van der Waals surface area contributed by atoms with Crippen molar-refractivity contribution in [2.45, 2.75) is 78.2 Å². The first-order chi connectivity index (χ1) is 7.92. The molecule has 100 valence electrons. The lowest BCUT2D eigenvalue weighted by molar-refractivity contribution is -0.0152. The third kappa shape index (κ3) is 5.25. The van der Waals surface area contributed by atoms with E-state index in [1.807, 2.05) is 6.92 Å². The van der Waals surface area contributed by atoms with Crippen molar-refractivity contribution in [3.8, 4) is 0 Å². The topological polar surface area (TPSA) is 20.2 Å². The molecule has 1 N–H and O–H groups in total. The van der Waals surface area contributed by atoms with Gasteiger partial charge in [0.2, 0.25) is 0 Å². The molecular weight excluding hydrogens is 208 g/mol. The van der Waals surface area contributed by atoms with Gasteiger partial charge in [-0.2, -0.15) is 0 Å². The minimum Gasteiger partial charge on any atom is -0.390 e. The van der Waals surface area contributed by atoms with Gasteiger partial charge < -0.3 is 5.11 Å². The van der Waals surface area contributed by atoms with Gasteiger partial charge in [0.1, 0.15) is 0 Å². The van der Waals surface area contributed by atoms with E-state index in [2.05, 4.69) is 26.8 Å². The van der Waals surface area contributed by atoms with Crippen LogP contribution in [0.5, 0.6) is 0 Å². The molecule has 0 aromatic carbocycles. The van der Waals surface area contributed by atoms with E-state index < -0.39 is 5.60 Å². The summed E-state index contributed by atoms with van der Waals surface area (Å²) in [5.74, 6) is 1.27. The van der Waals surface area contributed by atoms with E-state index in [1.54, 1.807) is 0 Å². The van der Waals surface area contributed by atoms with Gasteiger partial charge in [-0.3, -0.25) is 0 Å². The Bertz CT molecular complexity index is 250. The van der Waals surface area contributed by atoms with Crippen molar-refractivity contribution in [1.29, 1.82) is 0 Å². The highest BCUT2D eigenvalue weighted by Crippen LogP contribution is 2.35. The summed E-state index contributed by atoms with van der Waals surface area (Å²) in [4.78, 5) is 0. The average molecular weight is 238 g/mol. The Morgan fingerprint density at radius 3 is 2.65 bits per heavy atom. The number of hydrogen-bond acceptors (Lipinski definition) is 1. The highest BCUT2D eigenvalue weighted by atomic mass is 16.3. The van der Waals surface area contributed by atoms with Gasteiger partial charge in [-0.25, -0.2) is 0 Å². The zero-order chi connectivity index (χ0) is 12.9. The third-order valence-electron chi connectivity index (χ3n) is 4.23. The first-order valence-electron chi connectivity index (χ1n) is 7.30. The Kier molecular flexibility index (Phi) is 5.72. The molecule has 0 aliphatic heterocycles. The first kappa shape index (κ1) is 14.8. The SMILES string of the molecule is CC1=CC[C@@H]([C@@](C)(O)CCCCC(C)C)CC1. The standard InChI is InChI=1S/C16H30O/c1-13(2)7-5-6-12-16(4,17)15-10-8-14(3)9-11-15/h8,13,15,17H,5-7,9-12H2,1-4H3/t15-,16+/m1/s1. The Morgan fingerprint density at radius 2 is 2.12 bits per heavy atom. The van der Waals surface area contributed by atoms with Crippen LogP contribution in [0.2, 0.25) is 0 Å². The molecule has 0 bridgehead atoms. The molecule has 0 heterocycles. The average Bonchev–Trinajstić information content (AvgIpc) is 2.25. The minimum absolute atomic E-state index is 0.450. The fraction of sp³-hybridized carbons (Fsp3) is 0.875. The molecule has 1 nitrogen and oxygen atoms in total. The fourth-order valence-electron chi connectivity index (χ4n) is 2.77. The van der Waals surface area contributed by atoms with Crippen molar-refractivity contribution in [3.63, 3.8) is 0 Å². The molecule has 0 radical (unpaired) electrons. The first-order valence-corrected chi connectivity index (χ1v) is 7.30. The molecule has 0 aromatic rings. The molecule has 1 aliphatic carbocycles. The lowest BCUT2D eigenvalue weighted by Crippen LogP contribution is -2.35. The largest absolute Gasteiger partial charge is 0.390 e. The van der Waals surface area contributed by atoms with Crippen molar-refractivity contribution in [2.24, 2.45) is 11.8 Å². The van der Waals surface area contributed by atoms with Crippen LogP contribution >= 0.6 is 0 Å². The second-order valence-electron chi connectivity index (χ2n) is 6.52. The number of unbranched alkanes of at least 4 members (excludes halogenated alkanes) is 1. The summed E-state index contributed by atoms with van der Waals surface area (Å²) in [6.45, 7) is 8.79. The zero-order valence-electron chi connectivity index (χ0n) is 12.1. The summed E-state index contributed by atoms with van der Waals surface area (Å²) in [7, 11) is 0. The predicted molar refractivity (Wildman–Crippen MR) is 75.0 cm³/mol. The maximum absolute atomic E-state index is 10.6. The second-order valence-corrected chi connectivity index (χ2v) is 6.52. The molecule has 0 aromatic heterocycles. The van der Waals surface area contributed by atoms with Crippen LogP contribution in [0.3, 0.4) is 0 Å². The summed E-state index contributed by atoms with van der Waals surface area (Å²) in [5, 5.41) is 10.6. The third-order valence-corrected chi connectivity index (χ3v) is 4.23. The van der Waals surface area contributed by atoms with Crippen LogP contribution in [0.4, 0.5) is 0 Å². The van der Waals surface area contributed by atoms with E-state index >= 15 is 0 Å². The Balaban J connectivity index is 2.30. The molecule has 0 spiro atoms. The lowest BCUT2D eigenvalue weighted by Gasteiger charge is -2.35. The van der Waals surface area contributed by atoms with E-state index in [9.17, 15) is 5.11 Å². The van der Waals surface area contributed by atoms with Gasteiger partial charge in [0.25, 0.3) is 0 Å². The predicted octanol–water partition coefficient (Wildman–Crippen LogP) is 4.70. The van der Waals surface area contributed by atoms with Crippen molar-refractivity contribution in [3.05, 3.63) is 11.6 Å². The van der Waals surface area contributed by atoms with Crippen LogP contribution in [-0.2, 0) is 0 Å². The number of allylic oxidation sites excluding steroid dienone is 2. The highest BCUT2D eigenvalue weighted by Gasteiger charge is 2.31. The van der Waals surface area contributed by atoms with E-state index in [1.165, 1.54) is 37.7 Å². The van der Waals surface area contributed by atoms with E-state index in [0.717, 1.165) is 18.8 Å². The number of aliphatic hydroxyl groups is 1. The summed E-state index contributed by atoms with van der Waals surface area (Å²) >= 11 is 0. The van der Waals surface area contributed by atoms with Crippen molar-refractivity contribution in [2.75, 3.05) is 0 Å². The maximum atomic E-state index is 10.6. The van der Waals surface area contributed by atoms with E-state index in [0.29, 0.717) is 5.92 Å². The molecule has 0 unspecified atom stereocenters. The molecule has 2 atom stereocenters. The summed E-state index contributed by atoms with van der Waals surface area (Å²) in [5.41, 5.74) is 1.05. The molecule has 1 aliphatic rings. The van der Waals surface area contributed by atoms with Gasteiger partial charge >= 0.3 is 0 Å².